The summed E-state index contributed by atoms with van der Waals surface area (Å²) in [7, 11) is 0. The Bertz CT molecular complexity index is 422. The number of rotatable bonds is 5. The molecule has 0 amide bonds. The van der Waals surface area contributed by atoms with E-state index in [1.807, 2.05) is 26.0 Å². The molecule has 0 unspecified atom stereocenters. The van der Waals surface area contributed by atoms with Gasteiger partial charge in [0.2, 0.25) is 0 Å². The molecule has 0 spiro atoms. The van der Waals surface area contributed by atoms with Crippen LogP contribution >= 0.6 is 0 Å². The van der Waals surface area contributed by atoms with Gasteiger partial charge >= 0.3 is 5.97 Å². The Morgan fingerprint density at radius 1 is 1.25 bits per heavy atom. The van der Waals surface area contributed by atoms with E-state index in [9.17, 15) is 4.79 Å². The highest BCUT2D eigenvalue weighted by atomic mass is 16.6. The van der Waals surface area contributed by atoms with Gasteiger partial charge in [-0.15, -0.1) is 0 Å². The first kappa shape index (κ1) is 14.9. The SMILES string of the molecule is CC(C)OC(=O)COc1ccc(C2CCNCC2)cc1. The Morgan fingerprint density at radius 2 is 1.90 bits per heavy atom. The third-order valence-electron chi connectivity index (χ3n) is 3.41. The van der Waals surface area contributed by atoms with Crippen molar-refractivity contribution >= 4 is 5.97 Å². The van der Waals surface area contributed by atoms with Crippen molar-refractivity contribution in [3.8, 4) is 5.75 Å². The molecule has 1 fully saturated rings. The zero-order valence-electron chi connectivity index (χ0n) is 12.2. The third-order valence-corrected chi connectivity index (χ3v) is 3.41. The number of carbonyl (C=O) groups excluding carboxylic acids is 1. The zero-order valence-corrected chi connectivity index (χ0v) is 12.2. The van der Waals surface area contributed by atoms with Gasteiger partial charge in [0.25, 0.3) is 0 Å². The van der Waals surface area contributed by atoms with Crippen molar-refractivity contribution in [3.63, 3.8) is 0 Å². The summed E-state index contributed by atoms with van der Waals surface area (Å²) >= 11 is 0. The normalized spacial score (nSPS) is 16.1. The van der Waals surface area contributed by atoms with Crippen LogP contribution in [-0.4, -0.2) is 31.8 Å². The molecular formula is C16H23NO3. The summed E-state index contributed by atoms with van der Waals surface area (Å²) in [5.41, 5.74) is 1.35. The van der Waals surface area contributed by atoms with Gasteiger partial charge in [-0.1, -0.05) is 12.1 Å². The van der Waals surface area contributed by atoms with Crippen LogP contribution in [0.2, 0.25) is 0 Å². The summed E-state index contributed by atoms with van der Waals surface area (Å²) in [6, 6.07) is 8.05. The number of ether oxygens (including phenoxy) is 2. The van der Waals surface area contributed by atoms with Crippen molar-refractivity contribution in [2.45, 2.75) is 38.7 Å². The zero-order chi connectivity index (χ0) is 14.4. The average Bonchev–Trinajstić information content (AvgIpc) is 2.46. The Morgan fingerprint density at radius 3 is 2.50 bits per heavy atom. The van der Waals surface area contributed by atoms with Gasteiger partial charge in [0.05, 0.1) is 6.10 Å². The van der Waals surface area contributed by atoms with Crippen LogP contribution in [0, 0.1) is 0 Å². The first-order chi connectivity index (χ1) is 9.65. The monoisotopic (exact) mass is 277 g/mol. The molecule has 0 atom stereocenters. The molecule has 2 rings (SSSR count). The lowest BCUT2D eigenvalue weighted by atomic mass is 9.90. The van der Waals surface area contributed by atoms with E-state index in [1.54, 1.807) is 0 Å². The first-order valence-corrected chi connectivity index (χ1v) is 7.28. The molecule has 0 radical (unpaired) electrons. The summed E-state index contributed by atoms with van der Waals surface area (Å²) in [6.45, 7) is 5.79. The second-order valence-corrected chi connectivity index (χ2v) is 5.42. The molecule has 1 aromatic carbocycles. The Balaban J connectivity index is 1.83. The second-order valence-electron chi connectivity index (χ2n) is 5.42. The molecular weight excluding hydrogens is 254 g/mol. The molecule has 110 valence electrons. The molecule has 1 aliphatic rings. The molecule has 1 aliphatic heterocycles. The van der Waals surface area contributed by atoms with Crippen LogP contribution in [0.25, 0.3) is 0 Å². The summed E-state index contributed by atoms with van der Waals surface area (Å²) in [4.78, 5) is 11.4. The summed E-state index contributed by atoms with van der Waals surface area (Å²) in [6.07, 6.45) is 2.26. The van der Waals surface area contributed by atoms with Crippen LogP contribution in [-0.2, 0) is 9.53 Å². The average molecular weight is 277 g/mol. The first-order valence-electron chi connectivity index (χ1n) is 7.28. The highest BCUT2D eigenvalue weighted by Crippen LogP contribution is 2.26. The van der Waals surface area contributed by atoms with Gasteiger partial charge in [-0.2, -0.15) is 0 Å². The summed E-state index contributed by atoms with van der Waals surface area (Å²) in [5.74, 6) is 1.02. The van der Waals surface area contributed by atoms with E-state index in [1.165, 1.54) is 18.4 Å². The van der Waals surface area contributed by atoms with Gasteiger partial charge in [-0.25, -0.2) is 4.79 Å². The maximum absolute atomic E-state index is 11.4. The number of carbonyl (C=O) groups is 1. The molecule has 1 aromatic rings. The van der Waals surface area contributed by atoms with Gasteiger partial charge in [0.1, 0.15) is 5.75 Å². The van der Waals surface area contributed by atoms with Gasteiger partial charge in [-0.3, -0.25) is 0 Å². The van der Waals surface area contributed by atoms with Gasteiger partial charge in [0.15, 0.2) is 6.61 Å². The standard InChI is InChI=1S/C16H23NO3/c1-12(2)20-16(18)11-19-15-5-3-13(4-6-15)14-7-9-17-10-8-14/h3-6,12,14,17H,7-11H2,1-2H3. The third kappa shape index (κ3) is 4.53. The Kier molecular flexibility index (Phi) is 5.41. The van der Waals surface area contributed by atoms with Crippen LogP contribution < -0.4 is 10.1 Å². The molecule has 0 aromatic heterocycles. The number of esters is 1. The van der Waals surface area contributed by atoms with Gasteiger partial charge in [-0.05, 0) is 63.4 Å². The van der Waals surface area contributed by atoms with Crippen molar-refractivity contribution in [1.29, 1.82) is 0 Å². The molecule has 4 heteroatoms. The van der Waals surface area contributed by atoms with Gasteiger partial charge in [0, 0.05) is 0 Å². The molecule has 0 bridgehead atoms. The quantitative estimate of drug-likeness (QED) is 0.840. The summed E-state index contributed by atoms with van der Waals surface area (Å²) < 4.78 is 10.4. The van der Waals surface area contributed by atoms with Crippen molar-refractivity contribution in [2.75, 3.05) is 19.7 Å². The fourth-order valence-electron chi connectivity index (χ4n) is 2.43. The molecule has 0 saturated carbocycles. The van der Waals surface area contributed by atoms with Crippen LogP contribution in [0.3, 0.4) is 0 Å². The van der Waals surface area contributed by atoms with Gasteiger partial charge < -0.3 is 14.8 Å². The lowest BCUT2D eigenvalue weighted by Gasteiger charge is -2.23. The van der Waals surface area contributed by atoms with Crippen molar-refractivity contribution in [1.82, 2.24) is 5.32 Å². The molecule has 20 heavy (non-hydrogen) atoms. The maximum Gasteiger partial charge on any atom is 0.344 e. The molecule has 0 aliphatic carbocycles. The number of benzene rings is 1. The predicted molar refractivity (Wildman–Crippen MR) is 78.0 cm³/mol. The topological polar surface area (TPSA) is 47.6 Å². The Labute approximate surface area is 120 Å². The van der Waals surface area contributed by atoms with Crippen LogP contribution in [0.4, 0.5) is 0 Å². The van der Waals surface area contributed by atoms with E-state index in [2.05, 4.69) is 17.4 Å². The molecule has 1 N–H and O–H groups in total. The number of hydrogen-bond acceptors (Lipinski definition) is 4. The van der Waals surface area contributed by atoms with Crippen molar-refractivity contribution in [2.24, 2.45) is 0 Å². The maximum atomic E-state index is 11.4. The van der Waals surface area contributed by atoms with E-state index >= 15 is 0 Å². The second kappa shape index (κ2) is 7.29. The van der Waals surface area contributed by atoms with Crippen molar-refractivity contribution < 1.29 is 14.3 Å². The lowest BCUT2D eigenvalue weighted by Crippen LogP contribution is -2.26. The van der Waals surface area contributed by atoms with E-state index in [4.69, 9.17) is 9.47 Å². The predicted octanol–water partition coefficient (Wildman–Crippen LogP) is 2.48. The van der Waals surface area contributed by atoms with Crippen LogP contribution in [0.15, 0.2) is 24.3 Å². The summed E-state index contributed by atoms with van der Waals surface area (Å²) in [5, 5.41) is 3.37. The fourth-order valence-corrected chi connectivity index (χ4v) is 2.43. The minimum atomic E-state index is -0.331. The van der Waals surface area contributed by atoms with Crippen LogP contribution in [0.1, 0.15) is 38.2 Å². The highest BCUT2D eigenvalue weighted by molar-refractivity contribution is 5.71. The van der Waals surface area contributed by atoms with E-state index < -0.39 is 0 Å². The number of hydrogen-bond donors (Lipinski definition) is 1. The molecule has 1 saturated heterocycles. The number of nitrogens with one attached hydrogen (secondary N) is 1. The fraction of sp³-hybridized carbons (Fsp3) is 0.562. The van der Waals surface area contributed by atoms with Crippen molar-refractivity contribution in [3.05, 3.63) is 29.8 Å². The number of piperidine rings is 1. The van der Waals surface area contributed by atoms with E-state index in [-0.39, 0.29) is 18.7 Å². The smallest absolute Gasteiger partial charge is 0.344 e. The van der Waals surface area contributed by atoms with Crippen LogP contribution in [0.5, 0.6) is 5.75 Å². The molecule has 4 nitrogen and oxygen atoms in total. The highest BCUT2D eigenvalue weighted by Gasteiger charge is 2.15. The lowest BCUT2D eigenvalue weighted by molar-refractivity contribution is -0.149. The van der Waals surface area contributed by atoms with E-state index in [0.29, 0.717) is 11.7 Å². The van der Waals surface area contributed by atoms with E-state index in [0.717, 1.165) is 13.1 Å². The minimum Gasteiger partial charge on any atom is -0.482 e. The largest absolute Gasteiger partial charge is 0.482 e. The Hall–Kier alpha value is -1.55. The molecule has 1 heterocycles. The minimum absolute atomic E-state index is 0.0368.